The van der Waals surface area contributed by atoms with Crippen LogP contribution >= 0.6 is 15.9 Å². The van der Waals surface area contributed by atoms with E-state index >= 15 is 0 Å². The zero-order chi connectivity index (χ0) is 25.7. The number of halogens is 3. The fourth-order valence-corrected chi connectivity index (χ4v) is 3.74. The van der Waals surface area contributed by atoms with Crippen molar-refractivity contribution in [2.75, 3.05) is 16.0 Å². The van der Waals surface area contributed by atoms with Gasteiger partial charge in [-0.1, -0.05) is 34.6 Å². The second-order valence-corrected chi connectivity index (χ2v) is 8.35. The SMILES string of the molecule is C=CC(=O)Nc1cc(Br)cc(Nc2nc(Nc3cnn(C)c3)ncc2-c2ccc(OC(F)F)cc2)c1. The number of hydrogen-bond acceptors (Lipinski definition) is 7. The molecule has 12 heteroatoms. The zero-order valence-electron chi connectivity index (χ0n) is 18.9. The van der Waals surface area contributed by atoms with Crippen LogP contribution in [-0.2, 0) is 11.8 Å². The lowest BCUT2D eigenvalue weighted by Gasteiger charge is -2.15. The molecule has 3 N–H and O–H groups in total. The Kier molecular flexibility index (Phi) is 7.54. The summed E-state index contributed by atoms with van der Waals surface area (Å²) >= 11 is 3.44. The molecule has 36 heavy (non-hydrogen) atoms. The number of carbonyl (C=O) groups is 1. The predicted octanol–water partition coefficient (Wildman–Crippen LogP) is 5.85. The Balaban J connectivity index is 1.70. The number of rotatable bonds is 9. The monoisotopic (exact) mass is 555 g/mol. The summed E-state index contributed by atoms with van der Waals surface area (Å²) < 4.78 is 31.9. The van der Waals surface area contributed by atoms with Crippen molar-refractivity contribution in [3.8, 4) is 16.9 Å². The molecule has 0 atom stereocenters. The number of carbonyl (C=O) groups excluding carboxylic acids is 1. The molecule has 184 valence electrons. The molecule has 0 spiro atoms. The van der Waals surface area contributed by atoms with Crippen molar-refractivity contribution in [2.24, 2.45) is 7.05 Å². The van der Waals surface area contributed by atoms with Crippen molar-refractivity contribution in [2.45, 2.75) is 6.61 Å². The maximum Gasteiger partial charge on any atom is 0.387 e. The third kappa shape index (κ3) is 6.42. The Hall–Kier alpha value is -4.32. The van der Waals surface area contributed by atoms with Crippen LogP contribution in [0.4, 0.5) is 37.6 Å². The van der Waals surface area contributed by atoms with Crippen molar-refractivity contribution < 1.29 is 18.3 Å². The summed E-state index contributed by atoms with van der Waals surface area (Å²) in [4.78, 5) is 20.8. The maximum atomic E-state index is 12.5. The minimum atomic E-state index is -2.92. The van der Waals surface area contributed by atoms with Gasteiger partial charge < -0.3 is 20.7 Å². The molecule has 0 aliphatic rings. The van der Waals surface area contributed by atoms with Crippen LogP contribution in [0, 0.1) is 0 Å². The Morgan fingerprint density at radius 3 is 2.53 bits per heavy atom. The van der Waals surface area contributed by atoms with Crippen molar-refractivity contribution in [3.63, 3.8) is 0 Å². The van der Waals surface area contributed by atoms with Crippen LogP contribution in [0.2, 0.25) is 0 Å². The number of benzene rings is 2. The summed E-state index contributed by atoms with van der Waals surface area (Å²) in [6, 6.07) is 11.4. The van der Waals surface area contributed by atoms with E-state index in [4.69, 9.17) is 0 Å². The topological polar surface area (TPSA) is 106 Å². The van der Waals surface area contributed by atoms with Gasteiger partial charge in [0.15, 0.2) is 0 Å². The Morgan fingerprint density at radius 2 is 1.86 bits per heavy atom. The Labute approximate surface area is 213 Å². The average molecular weight is 556 g/mol. The van der Waals surface area contributed by atoms with Gasteiger partial charge in [-0.15, -0.1) is 0 Å². The number of anilines is 5. The molecule has 4 aromatic rings. The smallest absolute Gasteiger partial charge is 0.387 e. The van der Waals surface area contributed by atoms with Crippen molar-refractivity contribution in [1.29, 1.82) is 0 Å². The molecule has 0 saturated heterocycles. The minimum Gasteiger partial charge on any atom is -0.435 e. The number of nitrogens with one attached hydrogen (secondary N) is 3. The third-order valence-electron chi connectivity index (χ3n) is 4.75. The number of aryl methyl sites for hydroxylation is 1. The van der Waals surface area contributed by atoms with E-state index in [-0.39, 0.29) is 11.7 Å². The normalized spacial score (nSPS) is 10.7. The molecule has 2 aromatic heterocycles. The molecular weight excluding hydrogens is 536 g/mol. The van der Waals surface area contributed by atoms with Gasteiger partial charge in [0.05, 0.1) is 11.9 Å². The van der Waals surface area contributed by atoms with Crippen LogP contribution in [0.1, 0.15) is 0 Å². The van der Waals surface area contributed by atoms with Gasteiger partial charge in [0.2, 0.25) is 11.9 Å². The largest absolute Gasteiger partial charge is 0.435 e. The van der Waals surface area contributed by atoms with Crippen molar-refractivity contribution in [1.82, 2.24) is 19.7 Å². The molecule has 2 heterocycles. The van der Waals surface area contributed by atoms with E-state index in [9.17, 15) is 13.6 Å². The van der Waals surface area contributed by atoms with E-state index in [0.29, 0.717) is 44.4 Å². The van der Waals surface area contributed by atoms with E-state index in [1.165, 1.54) is 18.2 Å². The maximum absolute atomic E-state index is 12.5. The first kappa shape index (κ1) is 24.8. The highest BCUT2D eigenvalue weighted by Gasteiger charge is 2.13. The van der Waals surface area contributed by atoms with E-state index in [1.807, 2.05) is 6.07 Å². The lowest BCUT2D eigenvalue weighted by Crippen LogP contribution is -2.08. The molecule has 0 bridgehead atoms. The number of aromatic nitrogens is 4. The molecule has 0 fully saturated rings. The zero-order valence-corrected chi connectivity index (χ0v) is 20.5. The molecule has 0 aliphatic heterocycles. The van der Waals surface area contributed by atoms with Crippen molar-refractivity contribution in [3.05, 3.63) is 78.2 Å². The van der Waals surface area contributed by atoms with Gasteiger partial charge in [-0.3, -0.25) is 9.48 Å². The number of hydrogen-bond donors (Lipinski definition) is 3. The predicted molar refractivity (Wildman–Crippen MR) is 137 cm³/mol. The third-order valence-corrected chi connectivity index (χ3v) is 5.21. The lowest BCUT2D eigenvalue weighted by atomic mass is 10.1. The van der Waals surface area contributed by atoms with Gasteiger partial charge in [-0.05, 0) is 42.0 Å². The van der Waals surface area contributed by atoms with Crippen LogP contribution in [0.15, 0.2) is 78.2 Å². The molecule has 9 nitrogen and oxygen atoms in total. The van der Waals surface area contributed by atoms with Gasteiger partial charge in [0.25, 0.3) is 0 Å². The molecule has 4 rings (SSSR count). The minimum absolute atomic E-state index is 0.0358. The van der Waals surface area contributed by atoms with E-state index in [2.05, 4.69) is 58.3 Å². The van der Waals surface area contributed by atoms with Gasteiger partial charge >= 0.3 is 6.61 Å². The molecule has 0 aliphatic carbocycles. The van der Waals surface area contributed by atoms with Gasteiger partial charge in [-0.25, -0.2) is 4.98 Å². The Bertz CT molecular complexity index is 1390. The standard InChI is InChI=1S/C24H20BrF2N7O2/c1-3-21(35)30-16-8-15(25)9-17(10-16)31-22-20(14-4-6-19(7-5-14)36-23(26)27)12-28-24(33-22)32-18-11-29-34(2)13-18/h3-13,23H,1H2,2H3,(H,30,35)(H2,28,31,32,33). The summed E-state index contributed by atoms with van der Waals surface area (Å²) in [6.45, 7) is 0.547. The van der Waals surface area contributed by atoms with E-state index in [1.54, 1.807) is 54.6 Å². The van der Waals surface area contributed by atoms with Gasteiger partial charge in [-0.2, -0.15) is 18.9 Å². The van der Waals surface area contributed by atoms with Crippen LogP contribution in [-0.4, -0.2) is 32.3 Å². The molecular formula is C24H20BrF2N7O2. The molecule has 0 radical (unpaired) electrons. The highest BCUT2D eigenvalue weighted by Crippen LogP contribution is 2.33. The van der Waals surface area contributed by atoms with Crippen LogP contribution in [0.25, 0.3) is 11.1 Å². The van der Waals surface area contributed by atoms with Crippen LogP contribution < -0.4 is 20.7 Å². The fourth-order valence-electron chi connectivity index (χ4n) is 3.24. The first-order valence-corrected chi connectivity index (χ1v) is 11.3. The summed E-state index contributed by atoms with van der Waals surface area (Å²) in [5, 5.41) is 13.2. The van der Waals surface area contributed by atoms with Crippen molar-refractivity contribution >= 4 is 50.7 Å². The van der Waals surface area contributed by atoms with Crippen LogP contribution in [0.5, 0.6) is 5.75 Å². The molecule has 0 unspecified atom stereocenters. The molecule has 2 aromatic carbocycles. The number of alkyl halides is 2. The highest BCUT2D eigenvalue weighted by molar-refractivity contribution is 9.10. The van der Waals surface area contributed by atoms with Gasteiger partial charge in [0.1, 0.15) is 11.6 Å². The Morgan fingerprint density at radius 1 is 1.11 bits per heavy atom. The first-order valence-electron chi connectivity index (χ1n) is 10.5. The van der Waals surface area contributed by atoms with E-state index < -0.39 is 6.61 Å². The molecule has 1 amide bonds. The summed E-state index contributed by atoms with van der Waals surface area (Å²) in [7, 11) is 1.79. The van der Waals surface area contributed by atoms with E-state index in [0.717, 1.165) is 0 Å². The quantitative estimate of drug-likeness (QED) is 0.222. The summed E-state index contributed by atoms with van der Waals surface area (Å²) in [6.07, 6.45) is 6.19. The number of amides is 1. The number of nitrogens with zero attached hydrogens (tertiary/aromatic N) is 4. The fraction of sp³-hybridized carbons (Fsp3) is 0.0833. The number of ether oxygens (including phenoxy) is 1. The second kappa shape index (κ2) is 11.0. The van der Waals surface area contributed by atoms with Crippen LogP contribution in [0.3, 0.4) is 0 Å². The molecule has 0 saturated carbocycles. The lowest BCUT2D eigenvalue weighted by molar-refractivity contribution is -0.111. The summed E-state index contributed by atoms with van der Waals surface area (Å²) in [5.41, 5.74) is 3.12. The second-order valence-electron chi connectivity index (χ2n) is 7.43. The van der Waals surface area contributed by atoms with Gasteiger partial charge in [0, 0.05) is 40.9 Å². The summed E-state index contributed by atoms with van der Waals surface area (Å²) in [5.74, 6) is 0.421. The highest BCUT2D eigenvalue weighted by atomic mass is 79.9. The first-order chi connectivity index (χ1) is 17.3. The average Bonchev–Trinajstić information content (AvgIpc) is 3.23.